The summed E-state index contributed by atoms with van der Waals surface area (Å²) in [5, 5.41) is 3.02. The van der Waals surface area contributed by atoms with Crippen molar-refractivity contribution < 1.29 is 4.79 Å². The zero-order valence-corrected chi connectivity index (χ0v) is 18.6. The first-order valence-electron chi connectivity index (χ1n) is 10.1. The van der Waals surface area contributed by atoms with Crippen LogP contribution >= 0.6 is 23.2 Å². The Morgan fingerprint density at radius 1 is 1.00 bits per heavy atom. The smallest absolute Gasteiger partial charge is 0.286 e. The van der Waals surface area contributed by atoms with E-state index in [1.54, 1.807) is 12.1 Å². The summed E-state index contributed by atoms with van der Waals surface area (Å²) in [6.45, 7) is 5.67. The van der Waals surface area contributed by atoms with Gasteiger partial charge in [-0.3, -0.25) is 14.8 Å². The predicted molar refractivity (Wildman–Crippen MR) is 121 cm³/mol. The molecule has 5 nitrogen and oxygen atoms in total. The Hall–Kier alpha value is -2.34. The molecule has 0 aliphatic carbocycles. The van der Waals surface area contributed by atoms with Gasteiger partial charge in [-0.1, -0.05) is 47.3 Å². The molecular weight excluding hydrogens is 419 g/mol. The number of aryl methyl sites for hydroxylation is 1. The SMILES string of the molecule is Cc1ccc(-n2c(-c3ccc(Cl)cc3Cl)nc(C(=O)NN3CCCCC3)c2C)cc1. The molecule has 0 spiro atoms. The maximum atomic E-state index is 13.1. The molecule has 1 fully saturated rings. The van der Waals surface area contributed by atoms with Crippen LogP contribution in [0.3, 0.4) is 0 Å². The van der Waals surface area contributed by atoms with E-state index in [4.69, 9.17) is 28.2 Å². The second-order valence-corrected chi connectivity index (χ2v) is 8.50. The molecule has 1 aromatic heterocycles. The van der Waals surface area contributed by atoms with Gasteiger partial charge in [-0.2, -0.15) is 0 Å². The first kappa shape index (κ1) is 20.9. The number of rotatable bonds is 4. The Balaban J connectivity index is 1.80. The fraction of sp³-hybridized carbons (Fsp3) is 0.304. The third-order valence-corrected chi connectivity index (χ3v) is 5.95. The van der Waals surface area contributed by atoms with Crippen molar-refractivity contribution in [3.8, 4) is 17.1 Å². The monoisotopic (exact) mass is 442 g/mol. The molecule has 30 heavy (non-hydrogen) atoms. The Morgan fingerprint density at radius 3 is 2.37 bits per heavy atom. The molecule has 1 amide bonds. The highest BCUT2D eigenvalue weighted by Crippen LogP contribution is 2.33. The van der Waals surface area contributed by atoms with E-state index in [0.717, 1.165) is 48.4 Å². The van der Waals surface area contributed by atoms with Gasteiger partial charge in [0.1, 0.15) is 5.82 Å². The molecule has 1 saturated heterocycles. The van der Waals surface area contributed by atoms with Crippen LogP contribution in [0.15, 0.2) is 42.5 Å². The quantitative estimate of drug-likeness (QED) is 0.572. The lowest BCUT2D eigenvalue weighted by Crippen LogP contribution is -2.45. The molecule has 1 aliphatic rings. The lowest BCUT2D eigenvalue weighted by Gasteiger charge is -2.26. The molecule has 2 heterocycles. The second-order valence-electron chi connectivity index (χ2n) is 7.65. The standard InChI is InChI=1S/C23H24Cl2N4O/c1-15-6-9-18(10-7-15)29-16(2)21(23(30)27-28-12-4-3-5-13-28)26-22(29)19-11-8-17(24)14-20(19)25/h6-11,14H,3-5,12-13H2,1-2H3,(H,27,30). The van der Waals surface area contributed by atoms with Gasteiger partial charge in [-0.25, -0.2) is 9.99 Å². The van der Waals surface area contributed by atoms with E-state index in [0.29, 0.717) is 21.6 Å². The fourth-order valence-corrected chi connectivity index (χ4v) is 4.27. The number of piperidine rings is 1. The van der Waals surface area contributed by atoms with E-state index in [1.165, 1.54) is 6.42 Å². The molecule has 4 rings (SSSR count). The number of hydrogen-bond acceptors (Lipinski definition) is 3. The van der Waals surface area contributed by atoms with Gasteiger partial charge in [0.05, 0.1) is 10.7 Å². The van der Waals surface area contributed by atoms with Gasteiger partial charge in [-0.05, 0) is 57.0 Å². The molecule has 1 aliphatic heterocycles. The number of benzene rings is 2. The minimum atomic E-state index is -0.202. The van der Waals surface area contributed by atoms with Crippen molar-refractivity contribution >= 4 is 29.1 Å². The van der Waals surface area contributed by atoms with Crippen LogP contribution in [0.4, 0.5) is 0 Å². The maximum Gasteiger partial charge on any atom is 0.286 e. The Bertz CT molecular complexity index is 1070. The topological polar surface area (TPSA) is 50.2 Å². The number of hydrazine groups is 1. The number of imidazole rings is 1. The first-order valence-corrected chi connectivity index (χ1v) is 10.9. The lowest BCUT2D eigenvalue weighted by molar-refractivity contribution is 0.0744. The summed E-state index contributed by atoms with van der Waals surface area (Å²) in [6.07, 6.45) is 3.37. The average Bonchev–Trinajstić information content (AvgIpc) is 3.06. The largest absolute Gasteiger partial charge is 0.296 e. The van der Waals surface area contributed by atoms with E-state index in [1.807, 2.05) is 53.8 Å². The summed E-state index contributed by atoms with van der Waals surface area (Å²) in [4.78, 5) is 17.8. The van der Waals surface area contributed by atoms with E-state index in [2.05, 4.69) is 5.43 Å². The first-order chi connectivity index (χ1) is 14.4. The van der Waals surface area contributed by atoms with Crippen molar-refractivity contribution in [2.24, 2.45) is 0 Å². The summed E-state index contributed by atoms with van der Waals surface area (Å²) < 4.78 is 1.97. The molecule has 3 aromatic rings. The molecule has 0 unspecified atom stereocenters. The minimum absolute atomic E-state index is 0.202. The van der Waals surface area contributed by atoms with Crippen LogP contribution < -0.4 is 5.43 Å². The van der Waals surface area contributed by atoms with Crippen LogP contribution in [0, 0.1) is 13.8 Å². The number of nitrogens with zero attached hydrogens (tertiary/aromatic N) is 3. The van der Waals surface area contributed by atoms with Crippen molar-refractivity contribution in [2.75, 3.05) is 13.1 Å². The van der Waals surface area contributed by atoms with Gasteiger partial charge < -0.3 is 0 Å². The summed E-state index contributed by atoms with van der Waals surface area (Å²) >= 11 is 12.6. The maximum absolute atomic E-state index is 13.1. The molecule has 1 N–H and O–H groups in total. The predicted octanol–water partition coefficient (Wildman–Crippen LogP) is 5.59. The normalized spacial score (nSPS) is 14.7. The number of nitrogens with one attached hydrogen (secondary N) is 1. The third kappa shape index (κ3) is 4.24. The van der Waals surface area contributed by atoms with Crippen molar-refractivity contribution in [1.82, 2.24) is 20.0 Å². The van der Waals surface area contributed by atoms with Gasteiger partial charge >= 0.3 is 0 Å². The highest BCUT2D eigenvalue weighted by molar-refractivity contribution is 6.36. The number of carbonyl (C=O) groups excluding carboxylic acids is 1. The van der Waals surface area contributed by atoms with E-state index < -0.39 is 0 Å². The van der Waals surface area contributed by atoms with Gasteiger partial charge in [0.25, 0.3) is 5.91 Å². The van der Waals surface area contributed by atoms with E-state index >= 15 is 0 Å². The molecule has 0 saturated carbocycles. The Morgan fingerprint density at radius 2 is 1.70 bits per heavy atom. The molecule has 7 heteroatoms. The molecule has 2 aromatic carbocycles. The molecule has 0 radical (unpaired) electrons. The third-order valence-electron chi connectivity index (χ3n) is 5.40. The van der Waals surface area contributed by atoms with Gasteiger partial charge in [0, 0.05) is 29.4 Å². The van der Waals surface area contributed by atoms with Crippen LogP contribution in [0.25, 0.3) is 17.1 Å². The van der Waals surface area contributed by atoms with E-state index in [9.17, 15) is 4.79 Å². The van der Waals surface area contributed by atoms with Crippen LogP contribution in [-0.4, -0.2) is 33.6 Å². The minimum Gasteiger partial charge on any atom is -0.296 e. The van der Waals surface area contributed by atoms with Crippen molar-refractivity contribution in [3.05, 3.63) is 69.5 Å². The highest BCUT2D eigenvalue weighted by atomic mass is 35.5. The zero-order chi connectivity index (χ0) is 21.3. The molecular formula is C23H24Cl2N4O. The van der Waals surface area contributed by atoms with Crippen LogP contribution in [0.5, 0.6) is 0 Å². The van der Waals surface area contributed by atoms with Crippen LogP contribution in [0.2, 0.25) is 10.0 Å². The summed E-state index contributed by atoms with van der Waals surface area (Å²) in [5.74, 6) is 0.411. The van der Waals surface area contributed by atoms with Gasteiger partial charge in [-0.15, -0.1) is 0 Å². The number of hydrogen-bond donors (Lipinski definition) is 1. The van der Waals surface area contributed by atoms with Crippen molar-refractivity contribution in [3.63, 3.8) is 0 Å². The average molecular weight is 443 g/mol. The van der Waals surface area contributed by atoms with Crippen LogP contribution in [0.1, 0.15) is 41.0 Å². The number of aromatic nitrogens is 2. The van der Waals surface area contributed by atoms with Crippen molar-refractivity contribution in [1.29, 1.82) is 0 Å². The summed E-state index contributed by atoms with van der Waals surface area (Å²) in [7, 11) is 0. The van der Waals surface area contributed by atoms with Gasteiger partial charge in [0.2, 0.25) is 0 Å². The van der Waals surface area contributed by atoms with Crippen molar-refractivity contribution in [2.45, 2.75) is 33.1 Å². The number of halogens is 2. The second kappa shape index (κ2) is 8.80. The number of carbonyl (C=O) groups is 1. The lowest BCUT2D eigenvalue weighted by atomic mass is 10.2. The van der Waals surface area contributed by atoms with Gasteiger partial charge in [0.15, 0.2) is 5.69 Å². The highest BCUT2D eigenvalue weighted by Gasteiger charge is 2.24. The Labute approximate surface area is 186 Å². The summed E-state index contributed by atoms with van der Waals surface area (Å²) in [5.41, 5.74) is 6.97. The summed E-state index contributed by atoms with van der Waals surface area (Å²) in [6, 6.07) is 13.4. The van der Waals surface area contributed by atoms with E-state index in [-0.39, 0.29) is 5.91 Å². The Kier molecular flexibility index (Phi) is 6.14. The molecule has 156 valence electrons. The molecule has 0 atom stereocenters. The van der Waals surface area contributed by atoms with Crippen LogP contribution in [-0.2, 0) is 0 Å². The number of amides is 1. The fourth-order valence-electron chi connectivity index (χ4n) is 3.78. The zero-order valence-electron chi connectivity index (χ0n) is 17.1. The molecule has 0 bridgehead atoms.